The van der Waals surface area contributed by atoms with Gasteiger partial charge in [0.15, 0.2) is 5.96 Å². The number of aromatic nitrogens is 1. The average molecular weight is 440 g/mol. The van der Waals surface area contributed by atoms with Gasteiger partial charge in [-0.05, 0) is 49.6 Å². The number of nitrogens with two attached hydrogens (primary N) is 1. The average Bonchev–Trinajstić information content (AvgIpc) is 2.55. The molecule has 2 rings (SSSR count). The zero-order chi connectivity index (χ0) is 16.7. The first-order chi connectivity index (χ1) is 11.1. The highest BCUT2D eigenvalue weighted by Crippen LogP contribution is 2.16. The molecule has 0 bridgehead atoms. The molecule has 0 unspecified atom stereocenters. The van der Waals surface area contributed by atoms with Gasteiger partial charge in [-0.15, -0.1) is 24.0 Å². The monoisotopic (exact) mass is 440 g/mol. The highest BCUT2D eigenvalue weighted by Gasteiger charge is 2.04. The Balaban J connectivity index is 0.00000288. The van der Waals surface area contributed by atoms with Crippen LogP contribution in [0.15, 0.2) is 41.5 Å². The van der Waals surface area contributed by atoms with Crippen LogP contribution < -0.4 is 15.8 Å². The van der Waals surface area contributed by atoms with Gasteiger partial charge < -0.3 is 15.8 Å². The topological polar surface area (TPSA) is 72.5 Å². The summed E-state index contributed by atoms with van der Waals surface area (Å²) in [5.74, 6) is 0.996. The highest BCUT2D eigenvalue weighted by molar-refractivity contribution is 14.0. The molecule has 0 saturated carbocycles. The quantitative estimate of drug-likeness (QED) is 0.404. The lowest BCUT2D eigenvalue weighted by molar-refractivity contribution is 0.302. The Hall–Kier alpha value is -1.83. The van der Waals surface area contributed by atoms with Gasteiger partial charge in [0.1, 0.15) is 0 Å². The summed E-state index contributed by atoms with van der Waals surface area (Å²) in [5, 5.41) is 3.11. The predicted molar refractivity (Wildman–Crippen MR) is 110 cm³/mol. The summed E-state index contributed by atoms with van der Waals surface area (Å²) < 4.78 is 5.62. The smallest absolute Gasteiger partial charge is 0.218 e. The maximum Gasteiger partial charge on any atom is 0.218 e. The maximum absolute atomic E-state index is 5.97. The lowest BCUT2D eigenvalue weighted by Crippen LogP contribution is -2.22. The van der Waals surface area contributed by atoms with E-state index in [1.165, 1.54) is 11.1 Å². The second-order valence-corrected chi connectivity index (χ2v) is 5.44. The number of aryl methyl sites for hydroxylation is 2. The minimum atomic E-state index is 0. The van der Waals surface area contributed by atoms with Crippen LogP contribution in [0.25, 0.3) is 0 Å². The molecule has 0 saturated heterocycles. The minimum absolute atomic E-state index is 0. The van der Waals surface area contributed by atoms with E-state index >= 15 is 0 Å². The summed E-state index contributed by atoms with van der Waals surface area (Å²) in [6, 6.07) is 9.92. The molecule has 0 aliphatic carbocycles. The Kier molecular flexibility index (Phi) is 8.53. The first-order valence-electron chi connectivity index (χ1n) is 7.81. The molecule has 1 aromatic carbocycles. The van der Waals surface area contributed by atoms with E-state index in [9.17, 15) is 0 Å². The van der Waals surface area contributed by atoms with Crippen molar-refractivity contribution in [2.24, 2.45) is 10.7 Å². The third-order valence-corrected chi connectivity index (χ3v) is 3.49. The van der Waals surface area contributed by atoms with E-state index in [2.05, 4.69) is 48.2 Å². The molecule has 0 aliphatic rings. The van der Waals surface area contributed by atoms with Crippen molar-refractivity contribution in [3.05, 3.63) is 53.2 Å². The summed E-state index contributed by atoms with van der Waals surface area (Å²) in [6.45, 7) is 7.28. The highest BCUT2D eigenvalue weighted by atomic mass is 127. The molecule has 2 aromatic rings. The van der Waals surface area contributed by atoms with Gasteiger partial charge in [0, 0.05) is 17.4 Å². The molecule has 0 fully saturated rings. The van der Waals surface area contributed by atoms with E-state index < -0.39 is 0 Å². The van der Waals surface area contributed by atoms with Crippen LogP contribution in [0, 0.1) is 13.8 Å². The van der Waals surface area contributed by atoms with Crippen molar-refractivity contribution in [3.8, 4) is 5.88 Å². The zero-order valence-corrected chi connectivity index (χ0v) is 16.7. The number of rotatable bonds is 6. The van der Waals surface area contributed by atoms with Gasteiger partial charge in [0.25, 0.3) is 0 Å². The number of benzene rings is 1. The number of guanidine groups is 1. The van der Waals surface area contributed by atoms with Gasteiger partial charge in [0.05, 0.1) is 13.2 Å². The lowest BCUT2D eigenvalue weighted by Gasteiger charge is -2.10. The SMILES string of the molecule is CCCOc1ncccc1CN=C(N)Nc1ccc(C)c(C)c1.I. The van der Waals surface area contributed by atoms with E-state index in [1.54, 1.807) is 6.20 Å². The van der Waals surface area contributed by atoms with Crippen LogP contribution in [0.1, 0.15) is 30.0 Å². The summed E-state index contributed by atoms with van der Waals surface area (Å²) in [5.41, 5.74) is 10.3. The number of ether oxygens (including phenoxy) is 1. The van der Waals surface area contributed by atoms with Crippen LogP contribution in [-0.4, -0.2) is 17.6 Å². The van der Waals surface area contributed by atoms with E-state index in [4.69, 9.17) is 10.5 Å². The second kappa shape index (κ2) is 10.1. The molecule has 3 N–H and O–H groups in total. The molecule has 0 amide bonds. The van der Waals surface area contributed by atoms with Crippen LogP contribution in [0.4, 0.5) is 5.69 Å². The van der Waals surface area contributed by atoms with Crippen molar-refractivity contribution >= 4 is 35.6 Å². The normalized spacial score (nSPS) is 10.9. The molecule has 1 aromatic heterocycles. The first-order valence-corrected chi connectivity index (χ1v) is 7.81. The Labute approximate surface area is 160 Å². The molecule has 0 spiro atoms. The van der Waals surface area contributed by atoms with E-state index in [0.717, 1.165) is 17.7 Å². The molecule has 130 valence electrons. The van der Waals surface area contributed by atoms with Crippen molar-refractivity contribution in [1.82, 2.24) is 4.98 Å². The van der Waals surface area contributed by atoms with Gasteiger partial charge in [0.2, 0.25) is 5.88 Å². The third-order valence-electron chi connectivity index (χ3n) is 3.49. The minimum Gasteiger partial charge on any atom is -0.477 e. The number of hydrogen-bond donors (Lipinski definition) is 2. The molecule has 24 heavy (non-hydrogen) atoms. The fourth-order valence-corrected chi connectivity index (χ4v) is 2.05. The summed E-state index contributed by atoms with van der Waals surface area (Å²) >= 11 is 0. The van der Waals surface area contributed by atoms with Gasteiger partial charge in [-0.2, -0.15) is 0 Å². The van der Waals surface area contributed by atoms with Gasteiger partial charge in [-0.1, -0.05) is 19.1 Å². The number of pyridine rings is 1. The summed E-state index contributed by atoms with van der Waals surface area (Å²) in [7, 11) is 0. The largest absolute Gasteiger partial charge is 0.477 e. The fraction of sp³-hybridized carbons (Fsp3) is 0.333. The Morgan fingerprint density at radius 3 is 2.75 bits per heavy atom. The lowest BCUT2D eigenvalue weighted by atomic mass is 10.1. The Bertz CT molecular complexity index is 688. The van der Waals surface area contributed by atoms with Crippen molar-refractivity contribution in [1.29, 1.82) is 0 Å². The van der Waals surface area contributed by atoms with E-state index in [1.807, 2.05) is 18.2 Å². The summed E-state index contributed by atoms with van der Waals surface area (Å²) in [6.07, 6.45) is 2.66. The van der Waals surface area contributed by atoms with Crippen LogP contribution in [0.2, 0.25) is 0 Å². The summed E-state index contributed by atoms with van der Waals surface area (Å²) in [4.78, 5) is 8.62. The van der Waals surface area contributed by atoms with Gasteiger partial charge in [-0.25, -0.2) is 9.98 Å². The van der Waals surface area contributed by atoms with Crippen LogP contribution in [-0.2, 0) is 6.54 Å². The molecule has 5 nitrogen and oxygen atoms in total. The van der Waals surface area contributed by atoms with Crippen molar-refractivity contribution in [2.45, 2.75) is 33.7 Å². The van der Waals surface area contributed by atoms with Crippen LogP contribution in [0.3, 0.4) is 0 Å². The maximum atomic E-state index is 5.97. The number of nitrogens with zero attached hydrogens (tertiary/aromatic N) is 2. The second-order valence-electron chi connectivity index (χ2n) is 5.44. The van der Waals surface area contributed by atoms with Crippen LogP contribution >= 0.6 is 24.0 Å². The Morgan fingerprint density at radius 1 is 1.25 bits per heavy atom. The molecule has 0 aliphatic heterocycles. The van der Waals surface area contributed by atoms with Crippen molar-refractivity contribution in [2.75, 3.05) is 11.9 Å². The number of nitrogens with one attached hydrogen (secondary N) is 1. The molecular weight excluding hydrogens is 415 g/mol. The number of halogens is 1. The number of anilines is 1. The van der Waals surface area contributed by atoms with Crippen LogP contribution in [0.5, 0.6) is 5.88 Å². The number of aliphatic imine (C=N–C) groups is 1. The zero-order valence-electron chi connectivity index (χ0n) is 14.4. The molecule has 6 heteroatoms. The molecule has 1 heterocycles. The third kappa shape index (κ3) is 5.99. The fourth-order valence-electron chi connectivity index (χ4n) is 2.05. The van der Waals surface area contributed by atoms with Gasteiger partial charge in [-0.3, -0.25) is 0 Å². The standard InChI is InChI=1S/C18H24N4O.HI/c1-4-10-23-17-15(6-5-9-20-17)12-21-18(19)22-16-8-7-13(2)14(3)11-16;/h5-9,11H,4,10,12H2,1-3H3,(H3,19,21,22);1H. The number of hydrogen-bond acceptors (Lipinski definition) is 3. The molecule has 0 radical (unpaired) electrons. The van der Waals surface area contributed by atoms with Gasteiger partial charge >= 0.3 is 0 Å². The van der Waals surface area contributed by atoms with E-state index in [-0.39, 0.29) is 24.0 Å². The first kappa shape index (κ1) is 20.2. The van der Waals surface area contributed by atoms with Crippen molar-refractivity contribution in [3.63, 3.8) is 0 Å². The molecular formula is C18H25IN4O. The van der Waals surface area contributed by atoms with E-state index in [0.29, 0.717) is 25.0 Å². The predicted octanol–water partition coefficient (Wildman–Crippen LogP) is 4.03. The Morgan fingerprint density at radius 2 is 2.04 bits per heavy atom. The molecule has 0 atom stereocenters. The van der Waals surface area contributed by atoms with Crippen molar-refractivity contribution < 1.29 is 4.74 Å².